The van der Waals surface area contributed by atoms with Gasteiger partial charge in [-0.25, -0.2) is 12.8 Å². The molecule has 0 atom stereocenters. The molecule has 1 aromatic carbocycles. The number of hydrogen-bond acceptors (Lipinski definition) is 4. The zero-order chi connectivity index (χ0) is 15.6. The van der Waals surface area contributed by atoms with E-state index in [1.807, 2.05) is 6.92 Å². The maximum Gasteiger partial charge on any atom is 0.264 e. The molecule has 2 rings (SSSR count). The van der Waals surface area contributed by atoms with Gasteiger partial charge in [-0.2, -0.15) is 5.10 Å². The molecule has 0 fully saturated rings. The molecule has 0 aliphatic heterocycles. The summed E-state index contributed by atoms with van der Waals surface area (Å²) < 4.78 is 42.4. The molecule has 21 heavy (non-hydrogen) atoms. The van der Waals surface area contributed by atoms with Gasteiger partial charge >= 0.3 is 0 Å². The number of benzene rings is 1. The molecule has 0 unspecified atom stereocenters. The van der Waals surface area contributed by atoms with Crippen molar-refractivity contribution in [1.29, 1.82) is 0 Å². The van der Waals surface area contributed by atoms with E-state index in [-0.39, 0.29) is 6.54 Å². The van der Waals surface area contributed by atoms with Crippen molar-refractivity contribution in [3.63, 3.8) is 0 Å². The molecule has 3 N–H and O–H groups in total. The van der Waals surface area contributed by atoms with Crippen LogP contribution in [0.2, 0.25) is 0 Å². The highest BCUT2D eigenvalue weighted by Crippen LogP contribution is 2.22. The summed E-state index contributed by atoms with van der Waals surface area (Å²) in [4.78, 5) is -0.411. The Morgan fingerprint density at radius 3 is 2.71 bits per heavy atom. The van der Waals surface area contributed by atoms with Crippen molar-refractivity contribution in [3.05, 3.63) is 41.5 Å². The van der Waals surface area contributed by atoms with Gasteiger partial charge in [0.25, 0.3) is 10.0 Å². The van der Waals surface area contributed by atoms with Gasteiger partial charge in [-0.15, -0.1) is 0 Å². The highest BCUT2D eigenvalue weighted by molar-refractivity contribution is 7.92. The minimum atomic E-state index is -4.01. The fourth-order valence-electron chi connectivity index (χ4n) is 1.97. The van der Waals surface area contributed by atoms with Gasteiger partial charge in [-0.05, 0) is 24.1 Å². The predicted octanol–water partition coefficient (Wildman–Crippen LogP) is 1.38. The number of nitrogens with zero attached hydrogens (tertiary/aromatic N) is 2. The smallest absolute Gasteiger partial charge is 0.264 e. The van der Waals surface area contributed by atoms with E-state index in [9.17, 15) is 12.8 Å². The minimum Gasteiger partial charge on any atom is -0.326 e. The quantitative estimate of drug-likeness (QED) is 0.873. The lowest BCUT2D eigenvalue weighted by Crippen LogP contribution is -2.15. The first-order valence-electron chi connectivity index (χ1n) is 6.41. The monoisotopic (exact) mass is 312 g/mol. The highest BCUT2D eigenvalue weighted by Gasteiger charge is 2.21. The summed E-state index contributed by atoms with van der Waals surface area (Å²) in [5, 5.41) is 4.14. The van der Waals surface area contributed by atoms with Crippen molar-refractivity contribution in [2.24, 2.45) is 12.8 Å². The number of rotatable bonds is 5. The van der Waals surface area contributed by atoms with Gasteiger partial charge < -0.3 is 5.73 Å². The first-order chi connectivity index (χ1) is 9.87. The Hall–Kier alpha value is -1.93. The van der Waals surface area contributed by atoms with E-state index in [1.54, 1.807) is 13.2 Å². The van der Waals surface area contributed by atoms with Crippen LogP contribution in [0, 0.1) is 5.82 Å². The van der Waals surface area contributed by atoms with E-state index in [1.165, 1.54) is 16.8 Å². The Kier molecular flexibility index (Phi) is 4.29. The van der Waals surface area contributed by atoms with Crippen molar-refractivity contribution >= 4 is 15.7 Å². The van der Waals surface area contributed by atoms with Crippen LogP contribution in [0.1, 0.15) is 18.2 Å². The standard InChI is InChI=1S/C13H17FN4O2S/c1-3-11-12(8-18(2)16-11)17-21(19,20)13-5-4-9(7-15)6-10(13)14/h4-6,8,17H,3,7,15H2,1-2H3. The summed E-state index contributed by atoms with van der Waals surface area (Å²) in [6.07, 6.45) is 2.11. The summed E-state index contributed by atoms with van der Waals surface area (Å²) >= 11 is 0. The molecule has 0 radical (unpaired) electrons. The van der Waals surface area contributed by atoms with Gasteiger partial charge in [-0.1, -0.05) is 13.0 Å². The third-order valence-electron chi connectivity index (χ3n) is 3.01. The summed E-state index contributed by atoms with van der Waals surface area (Å²) in [6.45, 7) is 2.00. The maximum atomic E-state index is 13.9. The van der Waals surface area contributed by atoms with Crippen LogP contribution in [0.3, 0.4) is 0 Å². The SMILES string of the molecule is CCc1nn(C)cc1NS(=O)(=O)c1ccc(CN)cc1F. The number of anilines is 1. The van der Waals surface area contributed by atoms with Gasteiger partial charge in [-0.3, -0.25) is 9.40 Å². The van der Waals surface area contributed by atoms with Crippen molar-refractivity contribution in [2.45, 2.75) is 24.8 Å². The van der Waals surface area contributed by atoms with Crippen molar-refractivity contribution in [2.75, 3.05) is 4.72 Å². The Morgan fingerprint density at radius 1 is 1.43 bits per heavy atom. The van der Waals surface area contributed by atoms with Crippen LogP contribution in [-0.4, -0.2) is 18.2 Å². The van der Waals surface area contributed by atoms with Crippen molar-refractivity contribution in [3.8, 4) is 0 Å². The van der Waals surface area contributed by atoms with Gasteiger partial charge in [0.1, 0.15) is 10.7 Å². The molecule has 1 heterocycles. The molecule has 0 amide bonds. The van der Waals surface area contributed by atoms with Crippen molar-refractivity contribution in [1.82, 2.24) is 9.78 Å². The van der Waals surface area contributed by atoms with Crippen LogP contribution in [-0.2, 0) is 30.0 Å². The Morgan fingerprint density at radius 2 is 2.14 bits per heavy atom. The molecule has 0 saturated carbocycles. The fraction of sp³-hybridized carbons (Fsp3) is 0.308. The fourth-order valence-corrected chi connectivity index (χ4v) is 3.10. The van der Waals surface area contributed by atoms with Crippen LogP contribution >= 0.6 is 0 Å². The number of halogens is 1. The van der Waals surface area contributed by atoms with Gasteiger partial charge in [0.2, 0.25) is 0 Å². The molecule has 0 aliphatic rings. The Balaban J connectivity index is 2.38. The molecule has 6 nitrogen and oxygen atoms in total. The van der Waals surface area contributed by atoms with Crippen LogP contribution in [0.15, 0.2) is 29.3 Å². The molecule has 0 bridgehead atoms. The summed E-state index contributed by atoms with van der Waals surface area (Å²) in [7, 11) is -2.32. The summed E-state index contributed by atoms with van der Waals surface area (Å²) in [5.74, 6) is -0.826. The minimum absolute atomic E-state index is 0.146. The van der Waals surface area contributed by atoms with Gasteiger partial charge in [0.15, 0.2) is 0 Å². The van der Waals surface area contributed by atoms with E-state index in [2.05, 4.69) is 9.82 Å². The highest BCUT2D eigenvalue weighted by atomic mass is 32.2. The first-order valence-corrected chi connectivity index (χ1v) is 7.89. The molecule has 0 saturated heterocycles. The average molecular weight is 312 g/mol. The number of aromatic nitrogens is 2. The lowest BCUT2D eigenvalue weighted by Gasteiger charge is -2.09. The molecule has 0 aliphatic carbocycles. The molecule has 114 valence electrons. The van der Waals surface area contributed by atoms with Crippen LogP contribution in [0.4, 0.5) is 10.1 Å². The van der Waals surface area contributed by atoms with Crippen molar-refractivity contribution < 1.29 is 12.8 Å². The molecule has 2 aromatic rings. The topological polar surface area (TPSA) is 90.0 Å². The number of sulfonamides is 1. The van der Waals surface area contributed by atoms with E-state index >= 15 is 0 Å². The molecular formula is C13H17FN4O2S. The summed E-state index contributed by atoms with van der Waals surface area (Å²) in [6, 6.07) is 3.82. The van der Waals surface area contributed by atoms with E-state index in [0.717, 1.165) is 6.07 Å². The molecule has 0 spiro atoms. The number of aryl methyl sites for hydroxylation is 2. The van der Waals surface area contributed by atoms with Crippen LogP contribution in [0.5, 0.6) is 0 Å². The lowest BCUT2D eigenvalue weighted by molar-refractivity contribution is 0.569. The second-order valence-electron chi connectivity index (χ2n) is 4.59. The zero-order valence-electron chi connectivity index (χ0n) is 11.8. The number of hydrogen-bond donors (Lipinski definition) is 2. The third-order valence-corrected chi connectivity index (χ3v) is 4.40. The largest absolute Gasteiger partial charge is 0.326 e. The Bertz CT molecular complexity index is 756. The normalized spacial score (nSPS) is 11.6. The van der Waals surface area contributed by atoms with Gasteiger partial charge in [0, 0.05) is 19.8 Å². The number of nitrogens with two attached hydrogens (primary N) is 1. The Labute approximate surface area is 122 Å². The average Bonchev–Trinajstić information content (AvgIpc) is 2.77. The second-order valence-corrected chi connectivity index (χ2v) is 6.24. The first kappa shape index (κ1) is 15.5. The third kappa shape index (κ3) is 3.22. The zero-order valence-corrected chi connectivity index (χ0v) is 12.6. The second kappa shape index (κ2) is 5.82. The van der Waals surface area contributed by atoms with Gasteiger partial charge in [0.05, 0.1) is 11.4 Å². The molecular weight excluding hydrogens is 295 g/mol. The molecule has 8 heteroatoms. The lowest BCUT2D eigenvalue weighted by atomic mass is 10.2. The molecule has 1 aromatic heterocycles. The van der Waals surface area contributed by atoms with Crippen LogP contribution in [0.25, 0.3) is 0 Å². The van der Waals surface area contributed by atoms with E-state index in [0.29, 0.717) is 23.4 Å². The summed E-state index contributed by atoms with van der Waals surface area (Å²) in [5.41, 5.74) is 6.88. The van der Waals surface area contributed by atoms with E-state index < -0.39 is 20.7 Å². The maximum absolute atomic E-state index is 13.9. The predicted molar refractivity (Wildman–Crippen MR) is 77.7 cm³/mol. The van der Waals surface area contributed by atoms with E-state index in [4.69, 9.17) is 5.73 Å². The number of nitrogens with one attached hydrogen (secondary N) is 1. The van der Waals surface area contributed by atoms with Crippen LogP contribution < -0.4 is 10.5 Å².